The lowest BCUT2D eigenvalue weighted by molar-refractivity contribution is -0.126. The molecular formula is C32H43ClN4O3. The molecule has 1 fully saturated rings. The molecule has 0 aliphatic carbocycles. The first kappa shape index (κ1) is 29.9. The van der Waals surface area contributed by atoms with Crippen LogP contribution in [0.3, 0.4) is 0 Å². The lowest BCUT2D eigenvalue weighted by Crippen LogP contribution is -2.56. The summed E-state index contributed by atoms with van der Waals surface area (Å²) >= 11 is 6.06. The number of hydrogen-bond acceptors (Lipinski definition) is 4. The highest BCUT2D eigenvalue weighted by molar-refractivity contribution is 6.30. The Morgan fingerprint density at radius 2 is 1.85 bits per heavy atom. The van der Waals surface area contributed by atoms with Crippen LogP contribution in [0.15, 0.2) is 48.7 Å². The Balaban J connectivity index is 1.50. The maximum atomic E-state index is 13.8. The van der Waals surface area contributed by atoms with Crippen molar-refractivity contribution in [3.8, 4) is 0 Å². The van der Waals surface area contributed by atoms with E-state index in [1.165, 1.54) is 6.42 Å². The molecule has 3 heterocycles. The van der Waals surface area contributed by atoms with E-state index < -0.39 is 6.04 Å². The molecule has 0 spiro atoms. The molecule has 1 N–H and O–H groups in total. The van der Waals surface area contributed by atoms with Gasteiger partial charge in [-0.3, -0.25) is 9.59 Å². The van der Waals surface area contributed by atoms with Gasteiger partial charge in [0.2, 0.25) is 5.91 Å². The molecule has 0 radical (unpaired) electrons. The molecule has 7 nitrogen and oxygen atoms in total. The zero-order valence-electron chi connectivity index (χ0n) is 24.3. The van der Waals surface area contributed by atoms with Crippen LogP contribution >= 0.6 is 11.6 Å². The molecule has 2 aliphatic heterocycles. The second-order valence-electron chi connectivity index (χ2n) is 11.4. The summed E-state index contributed by atoms with van der Waals surface area (Å²) in [6, 6.07) is 8.91. The first-order valence-corrected chi connectivity index (χ1v) is 14.7. The standard InChI is InChI=1S/C32H43ClN4O3/c1-6-27(40-5)18-28-24(4)17-29-32(39)36(15-12-25-8-10-26(33)11-9-25)30(21-37(28)29)31(38)34-13-7-14-35-19-22(2)16-23(3)20-35/h6,8-11,17-18,22-23,30H,1,7,12-16,19-21H2,2-5H3,(H,34,38)/b27-18+. The number of ether oxygens (including phenoxy) is 1. The van der Waals surface area contributed by atoms with Crippen molar-refractivity contribution in [3.05, 3.63) is 76.3 Å². The van der Waals surface area contributed by atoms with E-state index in [2.05, 4.69) is 30.6 Å². The summed E-state index contributed by atoms with van der Waals surface area (Å²) in [4.78, 5) is 31.7. The van der Waals surface area contributed by atoms with E-state index in [1.807, 2.05) is 47.9 Å². The lowest BCUT2D eigenvalue weighted by Gasteiger charge is -2.36. The van der Waals surface area contributed by atoms with Crippen LogP contribution in [0.1, 0.15) is 54.0 Å². The first-order chi connectivity index (χ1) is 19.2. The van der Waals surface area contributed by atoms with Gasteiger partial charge in [-0.2, -0.15) is 0 Å². The van der Waals surface area contributed by atoms with Crippen LogP contribution in [0.2, 0.25) is 5.02 Å². The molecule has 3 atom stereocenters. The summed E-state index contributed by atoms with van der Waals surface area (Å²) in [7, 11) is 1.59. The summed E-state index contributed by atoms with van der Waals surface area (Å²) in [6.45, 7) is 15.0. The Hall–Kier alpha value is -3.03. The number of nitrogens with zero attached hydrogens (tertiary/aromatic N) is 3. The predicted molar refractivity (Wildman–Crippen MR) is 161 cm³/mol. The quantitative estimate of drug-likeness (QED) is 0.231. The lowest BCUT2D eigenvalue weighted by atomic mass is 9.92. The van der Waals surface area contributed by atoms with E-state index >= 15 is 0 Å². The molecule has 1 aromatic carbocycles. The van der Waals surface area contributed by atoms with E-state index in [4.69, 9.17) is 16.3 Å². The number of piperidine rings is 1. The summed E-state index contributed by atoms with van der Waals surface area (Å²) in [6.07, 6.45) is 6.31. The number of aryl methyl sites for hydroxylation is 1. The van der Waals surface area contributed by atoms with Crippen LogP contribution < -0.4 is 5.32 Å². The Morgan fingerprint density at radius 1 is 1.15 bits per heavy atom. The molecule has 1 saturated heterocycles. The molecule has 2 amide bonds. The highest BCUT2D eigenvalue weighted by Crippen LogP contribution is 2.27. The third-order valence-electron chi connectivity index (χ3n) is 8.02. The Labute approximate surface area is 243 Å². The van der Waals surface area contributed by atoms with Crippen molar-refractivity contribution >= 4 is 29.5 Å². The second kappa shape index (κ2) is 13.6. The maximum absolute atomic E-state index is 13.8. The SMILES string of the molecule is C=C/C(=C\c1c(C)cc2n1CC(C(=O)NCCCN1CC(C)CC(C)C1)N(CCc1ccc(Cl)cc1)C2=O)OC. The number of carbonyl (C=O) groups excluding carboxylic acids is 2. The highest BCUT2D eigenvalue weighted by Gasteiger charge is 2.38. The van der Waals surface area contributed by atoms with E-state index in [1.54, 1.807) is 18.1 Å². The molecule has 2 aliphatic rings. The minimum Gasteiger partial charge on any atom is -0.497 e. The van der Waals surface area contributed by atoms with Gasteiger partial charge in [-0.05, 0) is 80.0 Å². The fourth-order valence-electron chi connectivity index (χ4n) is 6.15. The van der Waals surface area contributed by atoms with Crippen LogP contribution in [-0.2, 0) is 22.5 Å². The fourth-order valence-corrected chi connectivity index (χ4v) is 6.28. The molecule has 8 heteroatoms. The topological polar surface area (TPSA) is 66.8 Å². The van der Waals surface area contributed by atoms with Crippen LogP contribution in [-0.4, -0.2) is 72.1 Å². The van der Waals surface area contributed by atoms with E-state index in [-0.39, 0.29) is 11.8 Å². The van der Waals surface area contributed by atoms with Gasteiger partial charge >= 0.3 is 0 Å². The number of methoxy groups -OCH3 is 1. The molecule has 216 valence electrons. The number of nitrogens with one attached hydrogen (secondary N) is 1. The average Bonchev–Trinajstić information content (AvgIpc) is 3.24. The van der Waals surface area contributed by atoms with E-state index in [9.17, 15) is 9.59 Å². The Kier molecular flexibility index (Phi) is 10.1. The van der Waals surface area contributed by atoms with Crippen molar-refractivity contribution in [2.75, 3.05) is 39.8 Å². The Bertz CT molecular complexity index is 1230. The van der Waals surface area contributed by atoms with Crippen molar-refractivity contribution in [1.29, 1.82) is 0 Å². The minimum atomic E-state index is -0.615. The molecular weight excluding hydrogens is 524 g/mol. The fraction of sp³-hybridized carbons (Fsp3) is 0.500. The highest BCUT2D eigenvalue weighted by atomic mass is 35.5. The average molecular weight is 567 g/mol. The van der Waals surface area contributed by atoms with Gasteiger partial charge in [0, 0.05) is 43.0 Å². The number of hydrogen-bond donors (Lipinski definition) is 1. The molecule has 2 aromatic rings. The Morgan fingerprint density at radius 3 is 2.50 bits per heavy atom. The van der Waals surface area contributed by atoms with Crippen LogP contribution in [0.25, 0.3) is 6.08 Å². The van der Waals surface area contributed by atoms with Gasteiger partial charge in [0.25, 0.3) is 5.91 Å². The first-order valence-electron chi connectivity index (χ1n) is 14.3. The number of aromatic nitrogens is 1. The van der Waals surface area contributed by atoms with Crippen molar-refractivity contribution in [1.82, 2.24) is 19.7 Å². The van der Waals surface area contributed by atoms with Crippen molar-refractivity contribution < 1.29 is 14.3 Å². The number of likely N-dealkylation sites (tertiary alicyclic amines) is 1. The summed E-state index contributed by atoms with van der Waals surface area (Å²) in [5.41, 5.74) is 3.45. The summed E-state index contributed by atoms with van der Waals surface area (Å²) < 4.78 is 7.35. The number of rotatable bonds is 11. The monoisotopic (exact) mass is 566 g/mol. The largest absolute Gasteiger partial charge is 0.497 e. The number of allylic oxidation sites excluding steroid dienone is 1. The second-order valence-corrected chi connectivity index (χ2v) is 11.8. The number of halogens is 1. The molecule has 1 aromatic heterocycles. The molecule has 4 rings (SSSR count). The maximum Gasteiger partial charge on any atom is 0.271 e. The van der Waals surface area contributed by atoms with E-state index in [0.29, 0.717) is 54.4 Å². The molecule has 0 bridgehead atoms. The van der Waals surface area contributed by atoms with Gasteiger partial charge in [0.05, 0.1) is 13.7 Å². The van der Waals surface area contributed by atoms with Crippen molar-refractivity contribution in [2.24, 2.45) is 11.8 Å². The number of amides is 2. The smallest absolute Gasteiger partial charge is 0.271 e. The van der Waals surface area contributed by atoms with E-state index in [0.717, 1.165) is 42.9 Å². The third-order valence-corrected chi connectivity index (χ3v) is 8.27. The minimum absolute atomic E-state index is 0.118. The van der Waals surface area contributed by atoms with Crippen LogP contribution in [0.5, 0.6) is 0 Å². The number of carbonyl (C=O) groups is 2. The predicted octanol–water partition coefficient (Wildman–Crippen LogP) is 5.17. The normalized spacial score (nSPS) is 21.7. The molecule has 40 heavy (non-hydrogen) atoms. The number of fused-ring (bicyclic) bond motifs is 1. The van der Waals surface area contributed by atoms with Crippen LogP contribution in [0.4, 0.5) is 0 Å². The summed E-state index contributed by atoms with van der Waals surface area (Å²) in [5, 5.41) is 3.82. The van der Waals surface area contributed by atoms with Gasteiger partial charge in [-0.25, -0.2) is 0 Å². The molecule has 3 unspecified atom stereocenters. The van der Waals surface area contributed by atoms with Crippen molar-refractivity contribution in [3.63, 3.8) is 0 Å². The van der Waals surface area contributed by atoms with Gasteiger partial charge < -0.3 is 24.4 Å². The zero-order valence-corrected chi connectivity index (χ0v) is 25.0. The zero-order chi connectivity index (χ0) is 28.8. The van der Waals surface area contributed by atoms with Gasteiger partial charge in [0.1, 0.15) is 17.5 Å². The van der Waals surface area contributed by atoms with Crippen molar-refractivity contribution in [2.45, 2.75) is 52.6 Å². The third kappa shape index (κ3) is 7.18. The van der Waals surface area contributed by atoms with Gasteiger partial charge in [0.15, 0.2) is 0 Å². The van der Waals surface area contributed by atoms with Crippen LogP contribution in [0, 0.1) is 18.8 Å². The van der Waals surface area contributed by atoms with Gasteiger partial charge in [-0.15, -0.1) is 0 Å². The molecule has 0 saturated carbocycles. The summed E-state index contributed by atoms with van der Waals surface area (Å²) in [5.74, 6) is 1.76. The van der Waals surface area contributed by atoms with Gasteiger partial charge in [-0.1, -0.05) is 44.2 Å². The number of benzene rings is 1.